The van der Waals surface area contributed by atoms with E-state index in [1.165, 1.54) is 6.08 Å². The first-order chi connectivity index (χ1) is 5.15. The van der Waals surface area contributed by atoms with Gasteiger partial charge in [0.1, 0.15) is 11.9 Å². The molecule has 1 aliphatic carbocycles. The maximum atomic E-state index is 12.8. The second kappa shape index (κ2) is 3.06. The van der Waals surface area contributed by atoms with Crippen molar-refractivity contribution in [1.82, 2.24) is 0 Å². The molecule has 0 saturated heterocycles. The Hall–Kier alpha value is -0.810. The van der Waals surface area contributed by atoms with Gasteiger partial charge in [-0.25, -0.2) is 4.39 Å². The molecule has 0 heterocycles. The summed E-state index contributed by atoms with van der Waals surface area (Å²) in [6.07, 6.45) is 2.82. The number of hydrogen-bond acceptors (Lipinski definition) is 1. The van der Waals surface area contributed by atoms with E-state index in [1.807, 2.05) is 6.92 Å². The second-order valence-corrected chi connectivity index (χ2v) is 3.01. The maximum absolute atomic E-state index is 12.8. The molecule has 58 valence electrons. The van der Waals surface area contributed by atoms with Crippen LogP contribution in [0.4, 0.5) is 4.39 Å². The quantitative estimate of drug-likeness (QED) is 0.514. The molecule has 11 heavy (non-hydrogen) atoms. The third-order valence-corrected chi connectivity index (χ3v) is 2.14. The molecule has 0 aliphatic heterocycles. The van der Waals surface area contributed by atoms with Crippen LogP contribution in [0, 0.1) is 17.2 Å². The Labute approximate surface area is 69.8 Å². The first kappa shape index (κ1) is 8.29. The first-order valence-electron chi connectivity index (χ1n) is 3.29. The summed E-state index contributed by atoms with van der Waals surface area (Å²) in [7, 11) is 0. The van der Waals surface area contributed by atoms with Gasteiger partial charge in [-0.2, -0.15) is 5.26 Å². The van der Waals surface area contributed by atoms with Crippen LogP contribution in [0.25, 0.3) is 0 Å². The number of rotatable bonds is 0. The fraction of sp³-hybridized carbons (Fsp3) is 0.375. The van der Waals surface area contributed by atoms with Crippen molar-refractivity contribution >= 4 is 11.6 Å². The van der Waals surface area contributed by atoms with E-state index in [0.29, 0.717) is 0 Å². The Morgan fingerprint density at radius 2 is 2.27 bits per heavy atom. The van der Waals surface area contributed by atoms with E-state index in [2.05, 4.69) is 0 Å². The Morgan fingerprint density at radius 1 is 1.64 bits per heavy atom. The molecule has 1 aliphatic rings. The number of nitriles is 1. The minimum atomic E-state index is -0.509. The first-order valence-corrected chi connectivity index (χ1v) is 3.72. The highest BCUT2D eigenvalue weighted by Crippen LogP contribution is 2.26. The molecule has 0 amide bonds. The van der Waals surface area contributed by atoms with Gasteiger partial charge in [0.2, 0.25) is 0 Å². The Bertz CT molecular complexity index is 262. The van der Waals surface area contributed by atoms with Crippen LogP contribution < -0.4 is 0 Å². The zero-order valence-corrected chi connectivity index (χ0v) is 6.77. The van der Waals surface area contributed by atoms with Crippen molar-refractivity contribution < 1.29 is 4.39 Å². The molecule has 3 heteroatoms. The van der Waals surface area contributed by atoms with E-state index < -0.39 is 5.83 Å². The minimum Gasteiger partial charge on any atom is -0.206 e. The predicted molar refractivity (Wildman–Crippen MR) is 41.7 cm³/mol. The average molecular weight is 172 g/mol. The highest BCUT2D eigenvalue weighted by Gasteiger charge is 2.19. The zero-order valence-electron chi connectivity index (χ0n) is 6.01. The lowest BCUT2D eigenvalue weighted by atomic mass is 9.97. The summed E-state index contributed by atoms with van der Waals surface area (Å²) >= 11 is 5.71. The minimum absolute atomic E-state index is 0.0332. The highest BCUT2D eigenvalue weighted by molar-refractivity contribution is 6.22. The highest BCUT2D eigenvalue weighted by atomic mass is 35.5. The van der Waals surface area contributed by atoms with Gasteiger partial charge in [-0.15, -0.1) is 11.6 Å². The van der Waals surface area contributed by atoms with E-state index >= 15 is 0 Å². The number of alkyl halides is 1. The van der Waals surface area contributed by atoms with Gasteiger partial charge in [0.05, 0.1) is 11.0 Å². The molecule has 0 bridgehead atoms. The molecule has 2 unspecified atom stereocenters. The molecule has 1 nitrogen and oxygen atoms in total. The van der Waals surface area contributed by atoms with E-state index in [1.54, 1.807) is 12.1 Å². The molecule has 2 atom stereocenters. The third kappa shape index (κ3) is 1.61. The summed E-state index contributed by atoms with van der Waals surface area (Å²) in [5.74, 6) is -0.476. The summed E-state index contributed by atoms with van der Waals surface area (Å²) in [4.78, 5) is 0. The van der Waals surface area contributed by atoms with Gasteiger partial charge < -0.3 is 0 Å². The van der Waals surface area contributed by atoms with Crippen LogP contribution in [0.1, 0.15) is 6.92 Å². The molecule has 0 aromatic carbocycles. The van der Waals surface area contributed by atoms with Gasteiger partial charge in [0.25, 0.3) is 0 Å². The molecule has 0 spiro atoms. The molecular formula is C8H7ClFN. The number of nitrogens with zero attached hydrogens (tertiary/aromatic N) is 1. The van der Waals surface area contributed by atoms with Gasteiger partial charge in [-0.1, -0.05) is 13.0 Å². The third-order valence-electron chi connectivity index (χ3n) is 1.62. The standard InChI is InChI=1S/C8H7ClFN/c1-5-2-6(4-11)8(10)3-7(5)9/h2-3,5,7H,1H3. The molecule has 0 fully saturated rings. The van der Waals surface area contributed by atoms with Crippen molar-refractivity contribution in [2.45, 2.75) is 12.3 Å². The summed E-state index contributed by atoms with van der Waals surface area (Å²) in [6, 6.07) is 1.76. The zero-order chi connectivity index (χ0) is 8.43. The molecule has 0 saturated carbocycles. The molecular weight excluding hydrogens is 165 g/mol. The van der Waals surface area contributed by atoms with Crippen LogP contribution >= 0.6 is 11.6 Å². The van der Waals surface area contributed by atoms with E-state index in [-0.39, 0.29) is 16.9 Å². The molecule has 0 aromatic heterocycles. The van der Waals surface area contributed by atoms with Crippen LogP contribution in [0.5, 0.6) is 0 Å². The lowest BCUT2D eigenvalue weighted by Crippen LogP contribution is -2.11. The van der Waals surface area contributed by atoms with Crippen LogP contribution in [-0.2, 0) is 0 Å². The SMILES string of the molecule is CC1C=C(C#N)C(F)=CC1Cl. The van der Waals surface area contributed by atoms with E-state index in [9.17, 15) is 4.39 Å². The summed E-state index contributed by atoms with van der Waals surface area (Å²) < 4.78 is 12.8. The monoisotopic (exact) mass is 171 g/mol. The fourth-order valence-electron chi connectivity index (χ4n) is 0.906. The summed E-state index contributed by atoms with van der Waals surface area (Å²) in [6.45, 7) is 1.85. The lowest BCUT2D eigenvalue weighted by molar-refractivity contribution is 0.617. The largest absolute Gasteiger partial charge is 0.206 e. The maximum Gasteiger partial charge on any atom is 0.138 e. The second-order valence-electron chi connectivity index (χ2n) is 2.51. The van der Waals surface area contributed by atoms with Gasteiger partial charge in [-0.3, -0.25) is 0 Å². The molecule has 0 radical (unpaired) electrons. The van der Waals surface area contributed by atoms with Crippen LogP contribution in [0.15, 0.2) is 23.6 Å². The Kier molecular flexibility index (Phi) is 2.31. The van der Waals surface area contributed by atoms with Crippen molar-refractivity contribution in [1.29, 1.82) is 5.26 Å². The average Bonchev–Trinajstić information content (AvgIpc) is 1.97. The van der Waals surface area contributed by atoms with Crippen molar-refractivity contribution in [3.63, 3.8) is 0 Å². The van der Waals surface area contributed by atoms with Gasteiger partial charge in [-0.05, 0) is 12.0 Å². The van der Waals surface area contributed by atoms with Crippen molar-refractivity contribution in [3.8, 4) is 6.07 Å². The van der Waals surface area contributed by atoms with Gasteiger partial charge in [0.15, 0.2) is 0 Å². The number of hydrogen-bond donors (Lipinski definition) is 0. The molecule has 0 N–H and O–H groups in total. The fourth-order valence-corrected chi connectivity index (χ4v) is 1.09. The van der Waals surface area contributed by atoms with Crippen molar-refractivity contribution in [2.75, 3.05) is 0 Å². The number of allylic oxidation sites excluding steroid dienone is 4. The van der Waals surface area contributed by atoms with E-state index in [0.717, 1.165) is 0 Å². The Morgan fingerprint density at radius 3 is 2.82 bits per heavy atom. The lowest BCUT2D eigenvalue weighted by Gasteiger charge is -2.15. The van der Waals surface area contributed by atoms with Crippen LogP contribution in [0.2, 0.25) is 0 Å². The van der Waals surface area contributed by atoms with Crippen LogP contribution in [0.3, 0.4) is 0 Å². The molecule has 1 rings (SSSR count). The van der Waals surface area contributed by atoms with Crippen molar-refractivity contribution in [3.05, 3.63) is 23.6 Å². The normalized spacial score (nSPS) is 30.4. The Balaban J connectivity index is 2.94. The topological polar surface area (TPSA) is 23.8 Å². The molecule has 0 aromatic rings. The smallest absolute Gasteiger partial charge is 0.138 e. The van der Waals surface area contributed by atoms with Gasteiger partial charge >= 0.3 is 0 Å². The van der Waals surface area contributed by atoms with E-state index in [4.69, 9.17) is 16.9 Å². The van der Waals surface area contributed by atoms with Gasteiger partial charge in [0, 0.05) is 0 Å². The summed E-state index contributed by atoms with van der Waals surface area (Å²) in [5, 5.41) is 8.10. The number of halogens is 2. The predicted octanol–water partition coefficient (Wildman–Crippen LogP) is 2.55. The summed E-state index contributed by atoms with van der Waals surface area (Å²) in [5.41, 5.74) is 0.0920. The van der Waals surface area contributed by atoms with Crippen LogP contribution in [-0.4, -0.2) is 5.38 Å². The van der Waals surface area contributed by atoms with Crippen molar-refractivity contribution in [2.24, 2.45) is 5.92 Å².